The monoisotopic (exact) mass is 220 g/mol. The second kappa shape index (κ2) is 3.65. The van der Waals surface area contributed by atoms with Gasteiger partial charge in [-0.2, -0.15) is 0 Å². The third kappa shape index (κ3) is 2.01. The number of ether oxygens (including phenoxy) is 3. The van der Waals surface area contributed by atoms with Gasteiger partial charge in [-0.05, 0) is 13.8 Å². The molecule has 0 amide bonds. The zero-order valence-electron chi connectivity index (χ0n) is 8.66. The van der Waals surface area contributed by atoms with Crippen molar-refractivity contribution < 1.29 is 29.5 Å². The van der Waals surface area contributed by atoms with E-state index in [-0.39, 0.29) is 6.61 Å². The SMILES string of the molecule is CC1(C)OC[C@H]([C@@H]2OC(O)[C@H](O)[C@@H]2O)O1. The topological polar surface area (TPSA) is 88.4 Å². The molecule has 0 spiro atoms. The number of aliphatic hydroxyl groups is 3. The highest BCUT2D eigenvalue weighted by atomic mass is 16.8. The smallest absolute Gasteiger partial charge is 0.184 e. The van der Waals surface area contributed by atoms with Crippen molar-refractivity contribution in [3.63, 3.8) is 0 Å². The molecule has 88 valence electrons. The van der Waals surface area contributed by atoms with Gasteiger partial charge in [0.05, 0.1) is 6.61 Å². The Morgan fingerprint density at radius 2 is 1.80 bits per heavy atom. The third-order valence-corrected chi connectivity index (χ3v) is 2.67. The average molecular weight is 220 g/mol. The van der Waals surface area contributed by atoms with Gasteiger partial charge in [0.1, 0.15) is 24.4 Å². The van der Waals surface area contributed by atoms with Crippen molar-refractivity contribution in [1.82, 2.24) is 0 Å². The molecule has 2 aliphatic rings. The summed E-state index contributed by atoms with van der Waals surface area (Å²) in [7, 11) is 0. The minimum atomic E-state index is -1.36. The fourth-order valence-electron chi connectivity index (χ4n) is 1.87. The van der Waals surface area contributed by atoms with Crippen LogP contribution in [0.1, 0.15) is 13.8 Å². The van der Waals surface area contributed by atoms with Gasteiger partial charge >= 0.3 is 0 Å². The molecule has 6 nitrogen and oxygen atoms in total. The van der Waals surface area contributed by atoms with Crippen LogP contribution in [0, 0.1) is 0 Å². The lowest BCUT2D eigenvalue weighted by Crippen LogP contribution is -2.40. The molecule has 1 unspecified atom stereocenters. The summed E-state index contributed by atoms with van der Waals surface area (Å²) in [6.45, 7) is 3.77. The number of hydrogen-bond donors (Lipinski definition) is 3. The van der Waals surface area contributed by atoms with Gasteiger partial charge in [0, 0.05) is 0 Å². The van der Waals surface area contributed by atoms with Crippen LogP contribution in [-0.4, -0.2) is 58.4 Å². The predicted octanol–water partition coefficient (Wildman–Crippen LogP) is -1.42. The predicted molar refractivity (Wildman–Crippen MR) is 47.8 cm³/mol. The quantitative estimate of drug-likeness (QED) is 0.502. The van der Waals surface area contributed by atoms with Crippen molar-refractivity contribution >= 4 is 0 Å². The summed E-state index contributed by atoms with van der Waals surface area (Å²) in [5, 5.41) is 28.1. The van der Waals surface area contributed by atoms with Crippen LogP contribution in [0.2, 0.25) is 0 Å². The van der Waals surface area contributed by atoms with Gasteiger partial charge in [-0.25, -0.2) is 0 Å². The Balaban J connectivity index is 2.01. The summed E-state index contributed by atoms with van der Waals surface area (Å²) >= 11 is 0. The van der Waals surface area contributed by atoms with E-state index in [4.69, 9.17) is 14.2 Å². The first-order valence-electron chi connectivity index (χ1n) is 4.92. The lowest BCUT2D eigenvalue weighted by atomic mass is 10.1. The van der Waals surface area contributed by atoms with Crippen molar-refractivity contribution in [2.75, 3.05) is 6.61 Å². The molecule has 3 N–H and O–H groups in total. The van der Waals surface area contributed by atoms with Gasteiger partial charge in [-0.1, -0.05) is 0 Å². The van der Waals surface area contributed by atoms with E-state index in [9.17, 15) is 15.3 Å². The number of hydrogen-bond acceptors (Lipinski definition) is 6. The Bertz CT molecular complexity index is 243. The molecule has 0 aromatic heterocycles. The van der Waals surface area contributed by atoms with Crippen LogP contribution in [0.4, 0.5) is 0 Å². The first-order valence-corrected chi connectivity index (χ1v) is 4.92. The highest BCUT2D eigenvalue weighted by Crippen LogP contribution is 2.31. The van der Waals surface area contributed by atoms with E-state index < -0.39 is 36.5 Å². The number of rotatable bonds is 1. The van der Waals surface area contributed by atoms with Gasteiger partial charge in [-0.3, -0.25) is 0 Å². The maximum absolute atomic E-state index is 9.59. The second-order valence-corrected chi connectivity index (χ2v) is 4.34. The molecule has 2 rings (SSSR count). The van der Waals surface area contributed by atoms with Crippen LogP contribution in [0.3, 0.4) is 0 Å². The lowest BCUT2D eigenvalue weighted by molar-refractivity contribution is -0.177. The third-order valence-electron chi connectivity index (χ3n) is 2.67. The molecule has 2 heterocycles. The molecule has 2 fully saturated rings. The minimum absolute atomic E-state index is 0.272. The first kappa shape index (κ1) is 11.3. The van der Waals surface area contributed by atoms with E-state index in [2.05, 4.69) is 0 Å². The molecule has 0 aromatic carbocycles. The summed E-state index contributed by atoms with van der Waals surface area (Å²) < 4.78 is 15.8. The zero-order chi connectivity index (χ0) is 11.2. The molecule has 5 atom stereocenters. The van der Waals surface area contributed by atoms with Crippen LogP contribution < -0.4 is 0 Å². The lowest BCUT2D eigenvalue weighted by Gasteiger charge is -2.22. The first-order chi connectivity index (χ1) is 6.91. The fourth-order valence-corrected chi connectivity index (χ4v) is 1.87. The Morgan fingerprint density at radius 1 is 1.13 bits per heavy atom. The molecule has 0 aromatic rings. The summed E-state index contributed by atoms with van der Waals surface area (Å²) in [5.41, 5.74) is 0. The van der Waals surface area contributed by atoms with Gasteiger partial charge in [0.15, 0.2) is 12.1 Å². The summed E-state index contributed by atoms with van der Waals surface area (Å²) in [4.78, 5) is 0. The molecule has 0 radical (unpaired) electrons. The van der Waals surface area contributed by atoms with Gasteiger partial charge in [0.25, 0.3) is 0 Å². The molecule has 15 heavy (non-hydrogen) atoms. The Morgan fingerprint density at radius 3 is 2.20 bits per heavy atom. The van der Waals surface area contributed by atoms with E-state index in [1.165, 1.54) is 0 Å². The van der Waals surface area contributed by atoms with Crippen LogP contribution in [0.25, 0.3) is 0 Å². The molecule has 0 saturated carbocycles. The fraction of sp³-hybridized carbons (Fsp3) is 1.00. The van der Waals surface area contributed by atoms with Crippen molar-refractivity contribution in [2.24, 2.45) is 0 Å². The normalized spacial score (nSPS) is 49.8. The van der Waals surface area contributed by atoms with E-state index in [1.807, 2.05) is 0 Å². The van der Waals surface area contributed by atoms with Crippen molar-refractivity contribution in [3.8, 4) is 0 Å². The largest absolute Gasteiger partial charge is 0.387 e. The summed E-state index contributed by atoms with van der Waals surface area (Å²) in [6.07, 6.45) is -5.03. The van der Waals surface area contributed by atoms with Crippen molar-refractivity contribution in [1.29, 1.82) is 0 Å². The standard InChI is InChI=1S/C9H16O6/c1-9(2)13-3-4(15-9)7-5(10)6(11)8(12)14-7/h4-8,10-12H,3H2,1-2H3/t4-,5+,6-,7+,8?/m1/s1. The molecule has 2 aliphatic heterocycles. The Kier molecular flexibility index (Phi) is 2.74. The summed E-state index contributed by atoms with van der Waals surface area (Å²) in [5.74, 6) is -0.716. The van der Waals surface area contributed by atoms with E-state index in [1.54, 1.807) is 13.8 Å². The minimum Gasteiger partial charge on any atom is -0.387 e. The van der Waals surface area contributed by atoms with Crippen LogP contribution in [0.15, 0.2) is 0 Å². The highest BCUT2D eigenvalue weighted by Gasteiger charge is 2.49. The maximum Gasteiger partial charge on any atom is 0.184 e. The zero-order valence-corrected chi connectivity index (χ0v) is 8.66. The van der Waals surface area contributed by atoms with Crippen LogP contribution in [0.5, 0.6) is 0 Å². The second-order valence-electron chi connectivity index (χ2n) is 4.34. The van der Waals surface area contributed by atoms with Gasteiger partial charge in [0.2, 0.25) is 0 Å². The molecule has 0 aliphatic carbocycles. The highest BCUT2D eigenvalue weighted by molar-refractivity contribution is 4.93. The molecular formula is C9H16O6. The summed E-state index contributed by atoms with van der Waals surface area (Å²) in [6, 6.07) is 0. The molecular weight excluding hydrogens is 204 g/mol. The Labute approximate surface area is 87.4 Å². The molecule has 0 bridgehead atoms. The Hall–Kier alpha value is -0.240. The van der Waals surface area contributed by atoms with Crippen molar-refractivity contribution in [3.05, 3.63) is 0 Å². The van der Waals surface area contributed by atoms with E-state index in [0.29, 0.717) is 0 Å². The van der Waals surface area contributed by atoms with Gasteiger partial charge < -0.3 is 29.5 Å². The molecule has 6 heteroatoms. The van der Waals surface area contributed by atoms with Gasteiger partial charge in [-0.15, -0.1) is 0 Å². The van der Waals surface area contributed by atoms with E-state index >= 15 is 0 Å². The number of aliphatic hydroxyl groups excluding tert-OH is 3. The van der Waals surface area contributed by atoms with Crippen LogP contribution >= 0.6 is 0 Å². The van der Waals surface area contributed by atoms with Crippen molar-refractivity contribution in [2.45, 2.75) is 50.3 Å². The van der Waals surface area contributed by atoms with Crippen LogP contribution in [-0.2, 0) is 14.2 Å². The molecule has 2 saturated heterocycles. The average Bonchev–Trinajstić information content (AvgIpc) is 2.62. The maximum atomic E-state index is 9.59. The van der Waals surface area contributed by atoms with E-state index in [0.717, 1.165) is 0 Å².